The molecule has 0 unspecified atom stereocenters. The zero-order valence-corrected chi connectivity index (χ0v) is 17.9. The van der Waals surface area contributed by atoms with Crippen molar-refractivity contribution in [3.8, 4) is 11.4 Å². The van der Waals surface area contributed by atoms with Crippen LogP contribution in [0.5, 0.6) is 0 Å². The smallest absolute Gasteiger partial charge is 0.230 e. The lowest BCUT2D eigenvalue weighted by Crippen LogP contribution is -2.28. The van der Waals surface area contributed by atoms with Gasteiger partial charge in [0.05, 0.1) is 18.9 Å². The van der Waals surface area contributed by atoms with Gasteiger partial charge in [0.15, 0.2) is 11.0 Å². The highest BCUT2D eigenvalue weighted by molar-refractivity contribution is 9.10. The fourth-order valence-corrected chi connectivity index (χ4v) is 3.85. The van der Waals surface area contributed by atoms with E-state index in [0.29, 0.717) is 24.9 Å². The summed E-state index contributed by atoms with van der Waals surface area (Å²) in [5, 5.41) is 12.3. The van der Waals surface area contributed by atoms with Crippen molar-refractivity contribution in [3.05, 3.63) is 64.6 Å². The predicted octanol–water partition coefficient (Wildman–Crippen LogP) is 3.61. The predicted molar refractivity (Wildman–Crippen MR) is 114 cm³/mol. The van der Waals surface area contributed by atoms with E-state index in [1.54, 1.807) is 7.11 Å². The van der Waals surface area contributed by atoms with Crippen molar-refractivity contribution in [1.29, 1.82) is 0 Å². The monoisotopic (exact) mass is 460 g/mol. The van der Waals surface area contributed by atoms with Crippen LogP contribution in [0.2, 0.25) is 0 Å². The van der Waals surface area contributed by atoms with Crippen LogP contribution < -0.4 is 5.32 Å². The first-order valence-electron chi connectivity index (χ1n) is 8.79. The molecule has 6 nitrogen and oxygen atoms in total. The highest BCUT2D eigenvalue weighted by Crippen LogP contribution is 2.30. The number of aromatic nitrogens is 3. The molecule has 8 heteroatoms. The minimum Gasteiger partial charge on any atom is -0.383 e. The molecule has 2 aromatic carbocycles. The van der Waals surface area contributed by atoms with E-state index in [1.165, 1.54) is 11.8 Å². The summed E-state index contributed by atoms with van der Waals surface area (Å²) in [5.41, 5.74) is 2.10. The molecule has 3 aromatic rings. The van der Waals surface area contributed by atoms with E-state index in [1.807, 2.05) is 47.0 Å². The summed E-state index contributed by atoms with van der Waals surface area (Å²) in [7, 11) is 1.61. The number of hydrogen-bond donors (Lipinski definition) is 1. The van der Waals surface area contributed by atoms with E-state index in [2.05, 4.69) is 43.6 Å². The summed E-state index contributed by atoms with van der Waals surface area (Å²) < 4.78 is 7.95. The minimum absolute atomic E-state index is 0.0567. The molecule has 0 atom stereocenters. The lowest BCUT2D eigenvalue weighted by molar-refractivity contribution is -0.118. The van der Waals surface area contributed by atoms with Crippen LogP contribution in [0.1, 0.15) is 5.56 Å². The number of carbonyl (C=O) groups is 1. The molecular formula is C20H21BrN4O2S. The average molecular weight is 461 g/mol. The Morgan fingerprint density at radius 3 is 2.64 bits per heavy atom. The molecule has 0 aliphatic rings. The molecule has 3 rings (SSSR count). The van der Waals surface area contributed by atoms with Gasteiger partial charge in [0.2, 0.25) is 5.91 Å². The van der Waals surface area contributed by atoms with Crippen LogP contribution >= 0.6 is 27.7 Å². The Kier molecular flexibility index (Phi) is 7.64. The maximum atomic E-state index is 12.0. The first-order chi connectivity index (χ1) is 13.7. The molecule has 0 aliphatic carbocycles. The number of thioether (sulfide) groups is 1. The van der Waals surface area contributed by atoms with E-state index in [-0.39, 0.29) is 11.7 Å². The summed E-state index contributed by atoms with van der Waals surface area (Å²) in [4.78, 5) is 12.0. The molecule has 1 aromatic heterocycles. The largest absolute Gasteiger partial charge is 0.383 e. The van der Waals surface area contributed by atoms with E-state index in [9.17, 15) is 4.79 Å². The van der Waals surface area contributed by atoms with Gasteiger partial charge in [-0.3, -0.25) is 9.36 Å². The highest BCUT2D eigenvalue weighted by atomic mass is 79.9. The van der Waals surface area contributed by atoms with E-state index in [4.69, 9.17) is 4.74 Å². The summed E-state index contributed by atoms with van der Waals surface area (Å²) in [6.07, 6.45) is 0. The number of ether oxygens (including phenoxy) is 1. The van der Waals surface area contributed by atoms with Gasteiger partial charge in [0.25, 0.3) is 0 Å². The van der Waals surface area contributed by atoms with Gasteiger partial charge < -0.3 is 10.1 Å². The number of amides is 1. The van der Waals surface area contributed by atoms with Crippen molar-refractivity contribution < 1.29 is 9.53 Å². The van der Waals surface area contributed by atoms with Crippen LogP contribution in [0.3, 0.4) is 0 Å². The van der Waals surface area contributed by atoms with Crippen LogP contribution in [0, 0.1) is 0 Å². The standard InChI is InChI=1S/C20H21BrN4O2S/c1-27-12-11-22-18(26)14-28-20-24-23-19(16-9-5-6-10-17(16)21)25(20)13-15-7-3-2-4-8-15/h2-10H,11-14H2,1H3,(H,22,26). The summed E-state index contributed by atoms with van der Waals surface area (Å²) in [5.74, 6) is 0.976. The molecule has 0 bridgehead atoms. The summed E-state index contributed by atoms with van der Waals surface area (Å²) in [6.45, 7) is 1.61. The Hall–Kier alpha value is -2.16. The van der Waals surface area contributed by atoms with Gasteiger partial charge in [-0.15, -0.1) is 10.2 Å². The first kappa shape index (κ1) is 20.6. The van der Waals surface area contributed by atoms with E-state index >= 15 is 0 Å². The zero-order chi connectivity index (χ0) is 19.8. The van der Waals surface area contributed by atoms with Crippen molar-refractivity contribution in [2.45, 2.75) is 11.7 Å². The summed E-state index contributed by atoms with van der Waals surface area (Å²) in [6, 6.07) is 18.1. The van der Waals surface area contributed by atoms with Crippen molar-refractivity contribution >= 4 is 33.6 Å². The Labute approximate surface area is 176 Å². The molecule has 0 fully saturated rings. The maximum absolute atomic E-state index is 12.0. The fraction of sp³-hybridized carbons (Fsp3) is 0.250. The first-order valence-corrected chi connectivity index (χ1v) is 10.6. The van der Waals surface area contributed by atoms with Crippen LogP contribution in [0.15, 0.2) is 64.2 Å². The quantitative estimate of drug-likeness (QED) is 0.390. The third kappa shape index (κ3) is 5.43. The normalized spacial score (nSPS) is 10.8. The van der Waals surface area contributed by atoms with Gasteiger partial charge in [-0.1, -0.05) is 76.2 Å². The number of nitrogens with one attached hydrogen (secondary N) is 1. The van der Waals surface area contributed by atoms with Crippen molar-refractivity contribution in [2.75, 3.05) is 26.0 Å². The van der Waals surface area contributed by atoms with Gasteiger partial charge in [0, 0.05) is 23.7 Å². The van der Waals surface area contributed by atoms with Crippen LogP contribution in [0.4, 0.5) is 0 Å². The second-order valence-electron chi connectivity index (χ2n) is 5.99. The van der Waals surface area contributed by atoms with Gasteiger partial charge in [-0.05, 0) is 11.6 Å². The lowest BCUT2D eigenvalue weighted by Gasteiger charge is -2.11. The Balaban J connectivity index is 1.83. The van der Waals surface area contributed by atoms with Gasteiger partial charge in [0.1, 0.15) is 0 Å². The molecule has 0 saturated heterocycles. The Bertz CT molecular complexity index is 918. The number of hydrogen-bond acceptors (Lipinski definition) is 5. The number of rotatable bonds is 9. The topological polar surface area (TPSA) is 69.0 Å². The molecule has 1 N–H and O–H groups in total. The van der Waals surface area contributed by atoms with Crippen molar-refractivity contribution in [2.24, 2.45) is 0 Å². The number of carbonyl (C=O) groups excluding carboxylic acids is 1. The minimum atomic E-state index is -0.0567. The third-order valence-electron chi connectivity index (χ3n) is 3.98. The van der Waals surface area contributed by atoms with Crippen molar-refractivity contribution in [3.63, 3.8) is 0 Å². The van der Waals surface area contributed by atoms with Gasteiger partial charge in [-0.25, -0.2) is 0 Å². The summed E-state index contributed by atoms with van der Waals surface area (Å²) >= 11 is 4.97. The van der Waals surface area contributed by atoms with E-state index < -0.39 is 0 Å². The molecule has 0 radical (unpaired) electrons. The molecule has 1 amide bonds. The molecule has 1 heterocycles. The number of methoxy groups -OCH3 is 1. The number of nitrogens with zero attached hydrogens (tertiary/aromatic N) is 3. The molecule has 28 heavy (non-hydrogen) atoms. The molecule has 0 spiro atoms. The third-order valence-corrected chi connectivity index (χ3v) is 5.63. The van der Waals surface area contributed by atoms with E-state index in [0.717, 1.165) is 21.4 Å². The SMILES string of the molecule is COCCNC(=O)CSc1nnc(-c2ccccc2Br)n1Cc1ccccc1. The number of benzene rings is 2. The fourth-order valence-electron chi connectivity index (χ4n) is 2.62. The number of halogens is 1. The maximum Gasteiger partial charge on any atom is 0.230 e. The van der Waals surface area contributed by atoms with Crippen molar-refractivity contribution in [1.82, 2.24) is 20.1 Å². The highest BCUT2D eigenvalue weighted by Gasteiger charge is 2.17. The molecule has 146 valence electrons. The molecular weight excluding hydrogens is 440 g/mol. The lowest BCUT2D eigenvalue weighted by atomic mass is 10.2. The van der Waals surface area contributed by atoms with Crippen LogP contribution in [0.25, 0.3) is 11.4 Å². The second kappa shape index (κ2) is 10.4. The molecule has 0 saturated carbocycles. The van der Waals surface area contributed by atoms with Crippen LogP contribution in [-0.4, -0.2) is 46.7 Å². The Morgan fingerprint density at radius 2 is 1.89 bits per heavy atom. The second-order valence-corrected chi connectivity index (χ2v) is 7.79. The molecule has 0 aliphatic heterocycles. The van der Waals surface area contributed by atoms with Gasteiger partial charge >= 0.3 is 0 Å². The van der Waals surface area contributed by atoms with Gasteiger partial charge in [-0.2, -0.15) is 0 Å². The van der Waals surface area contributed by atoms with Crippen LogP contribution in [-0.2, 0) is 16.1 Å². The Morgan fingerprint density at radius 1 is 1.14 bits per heavy atom. The average Bonchev–Trinajstić information content (AvgIpc) is 3.10. The zero-order valence-electron chi connectivity index (χ0n) is 15.5.